The Bertz CT molecular complexity index is 755. The second kappa shape index (κ2) is 4.98. The first-order valence-electron chi connectivity index (χ1n) is 6.01. The van der Waals surface area contributed by atoms with Crippen molar-refractivity contribution in [1.82, 2.24) is 0 Å². The van der Waals surface area contributed by atoms with Crippen LogP contribution in [0.3, 0.4) is 0 Å². The number of para-hydroxylation sites is 2. The number of nitro groups is 1. The number of amides is 2. The maximum Gasteiger partial charge on any atom is 0.324 e. The Morgan fingerprint density at radius 3 is 2.76 bits per heavy atom. The molecular formula is C13H9N3O4S. The van der Waals surface area contributed by atoms with Crippen LogP contribution in [0, 0.1) is 10.1 Å². The number of rotatable bonds is 2. The highest BCUT2D eigenvalue weighted by Gasteiger charge is 2.29. The summed E-state index contributed by atoms with van der Waals surface area (Å²) in [7, 11) is 0. The van der Waals surface area contributed by atoms with Gasteiger partial charge in [0.15, 0.2) is 0 Å². The maximum atomic E-state index is 12.5. The summed E-state index contributed by atoms with van der Waals surface area (Å²) in [5.41, 5.74) is 1.13. The number of benzene rings is 1. The molecule has 7 nitrogen and oxygen atoms in total. The van der Waals surface area contributed by atoms with Crippen LogP contribution in [0.1, 0.15) is 9.67 Å². The number of thiophene rings is 1. The molecule has 1 aliphatic rings. The van der Waals surface area contributed by atoms with Crippen LogP contribution in [0.4, 0.5) is 16.4 Å². The van der Waals surface area contributed by atoms with Gasteiger partial charge in [0.2, 0.25) is 5.91 Å². The molecule has 0 saturated heterocycles. The van der Waals surface area contributed by atoms with Gasteiger partial charge >= 0.3 is 5.00 Å². The van der Waals surface area contributed by atoms with Crippen molar-refractivity contribution in [3.05, 3.63) is 51.4 Å². The Morgan fingerprint density at radius 2 is 2.05 bits per heavy atom. The Hall–Kier alpha value is -2.74. The molecule has 2 heterocycles. The zero-order valence-electron chi connectivity index (χ0n) is 10.6. The SMILES string of the molecule is O=C1CN(C(=O)c2ccc([N+](=O)[O-])s2)c2ccccc2N1. The van der Waals surface area contributed by atoms with E-state index < -0.39 is 10.8 Å². The molecule has 0 aliphatic carbocycles. The molecule has 0 radical (unpaired) electrons. The number of carbonyl (C=O) groups excluding carboxylic acids is 2. The van der Waals surface area contributed by atoms with Crippen LogP contribution < -0.4 is 10.2 Å². The zero-order chi connectivity index (χ0) is 15.0. The van der Waals surface area contributed by atoms with Gasteiger partial charge in [0.05, 0.1) is 21.2 Å². The summed E-state index contributed by atoms with van der Waals surface area (Å²) in [6.07, 6.45) is 0. The van der Waals surface area contributed by atoms with E-state index in [1.807, 2.05) is 0 Å². The highest BCUT2D eigenvalue weighted by Crippen LogP contribution is 2.32. The summed E-state index contributed by atoms with van der Waals surface area (Å²) in [5, 5.41) is 13.3. The first-order chi connectivity index (χ1) is 10.1. The molecule has 8 heteroatoms. The molecule has 0 fully saturated rings. The van der Waals surface area contributed by atoms with E-state index in [-0.39, 0.29) is 22.3 Å². The van der Waals surface area contributed by atoms with E-state index in [1.165, 1.54) is 17.0 Å². The Labute approximate surface area is 123 Å². The van der Waals surface area contributed by atoms with E-state index >= 15 is 0 Å². The first-order valence-corrected chi connectivity index (χ1v) is 6.83. The van der Waals surface area contributed by atoms with Crippen LogP contribution in [-0.2, 0) is 4.79 Å². The van der Waals surface area contributed by atoms with Gasteiger partial charge in [0.1, 0.15) is 6.54 Å². The molecule has 0 spiro atoms. The van der Waals surface area contributed by atoms with Gasteiger partial charge in [-0.3, -0.25) is 24.6 Å². The van der Waals surface area contributed by atoms with Gasteiger partial charge in [-0.05, 0) is 18.2 Å². The molecule has 0 unspecified atom stereocenters. The van der Waals surface area contributed by atoms with Crippen molar-refractivity contribution >= 4 is 39.5 Å². The molecule has 3 rings (SSSR count). The molecule has 106 valence electrons. The molecule has 1 aliphatic heterocycles. The minimum atomic E-state index is -0.543. The molecule has 0 saturated carbocycles. The summed E-state index contributed by atoms with van der Waals surface area (Å²) in [6.45, 7) is -0.110. The van der Waals surface area contributed by atoms with Gasteiger partial charge in [-0.15, -0.1) is 0 Å². The molecule has 1 aromatic carbocycles. The van der Waals surface area contributed by atoms with Crippen molar-refractivity contribution in [2.45, 2.75) is 0 Å². The summed E-state index contributed by atoms with van der Waals surface area (Å²) in [5.74, 6) is -0.719. The fraction of sp³-hybridized carbons (Fsp3) is 0.0769. The third-order valence-corrected chi connectivity index (χ3v) is 4.02. The third-order valence-electron chi connectivity index (χ3n) is 3.00. The van der Waals surface area contributed by atoms with E-state index in [0.29, 0.717) is 11.4 Å². The van der Waals surface area contributed by atoms with Crippen molar-refractivity contribution in [2.75, 3.05) is 16.8 Å². The van der Waals surface area contributed by atoms with Crippen molar-refractivity contribution in [1.29, 1.82) is 0 Å². The fourth-order valence-electron chi connectivity index (χ4n) is 2.09. The number of fused-ring (bicyclic) bond motifs is 1. The topological polar surface area (TPSA) is 92.5 Å². The highest BCUT2D eigenvalue weighted by molar-refractivity contribution is 7.17. The Kier molecular flexibility index (Phi) is 3.15. The second-order valence-corrected chi connectivity index (χ2v) is 5.41. The van der Waals surface area contributed by atoms with Crippen LogP contribution >= 0.6 is 11.3 Å². The zero-order valence-corrected chi connectivity index (χ0v) is 11.4. The van der Waals surface area contributed by atoms with Crippen LogP contribution in [0.5, 0.6) is 0 Å². The van der Waals surface area contributed by atoms with E-state index in [0.717, 1.165) is 11.3 Å². The first kappa shape index (κ1) is 13.3. The van der Waals surface area contributed by atoms with Crippen molar-refractivity contribution in [3.63, 3.8) is 0 Å². The number of nitrogens with zero attached hydrogens (tertiary/aromatic N) is 2. The molecule has 2 aromatic rings. The molecule has 0 bridgehead atoms. The van der Waals surface area contributed by atoms with E-state index in [1.54, 1.807) is 24.3 Å². The molecule has 1 N–H and O–H groups in total. The summed E-state index contributed by atoms with van der Waals surface area (Å²) in [6, 6.07) is 9.61. The van der Waals surface area contributed by atoms with Crippen LogP contribution in [0.25, 0.3) is 0 Å². The molecule has 2 amide bonds. The smallest absolute Gasteiger partial charge is 0.323 e. The second-order valence-electron chi connectivity index (χ2n) is 4.35. The average Bonchev–Trinajstić information content (AvgIpc) is 2.95. The van der Waals surface area contributed by atoms with Gasteiger partial charge in [0, 0.05) is 6.07 Å². The highest BCUT2D eigenvalue weighted by atomic mass is 32.1. The van der Waals surface area contributed by atoms with Gasteiger partial charge < -0.3 is 5.32 Å². The number of hydrogen-bond donors (Lipinski definition) is 1. The van der Waals surface area contributed by atoms with Gasteiger partial charge in [-0.2, -0.15) is 0 Å². The van der Waals surface area contributed by atoms with Gasteiger partial charge in [-0.25, -0.2) is 0 Å². The number of carbonyl (C=O) groups is 2. The monoisotopic (exact) mass is 303 g/mol. The minimum absolute atomic E-state index is 0.104. The van der Waals surface area contributed by atoms with Gasteiger partial charge in [-0.1, -0.05) is 23.5 Å². The Morgan fingerprint density at radius 1 is 1.29 bits per heavy atom. The van der Waals surface area contributed by atoms with Crippen LogP contribution in [0.2, 0.25) is 0 Å². The minimum Gasteiger partial charge on any atom is -0.323 e. The van der Waals surface area contributed by atoms with Crippen LogP contribution in [-0.4, -0.2) is 23.3 Å². The quantitative estimate of drug-likeness (QED) is 0.680. The summed E-state index contributed by atoms with van der Waals surface area (Å²) >= 11 is 0.797. The largest absolute Gasteiger partial charge is 0.324 e. The lowest BCUT2D eigenvalue weighted by Crippen LogP contribution is -2.41. The number of nitrogens with one attached hydrogen (secondary N) is 1. The summed E-state index contributed by atoms with van der Waals surface area (Å²) < 4.78 is 0. The maximum absolute atomic E-state index is 12.5. The van der Waals surface area contributed by atoms with Crippen molar-refractivity contribution in [3.8, 4) is 0 Å². The van der Waals surface area contributed by atoms with E-state index in [2.05, 4.69) is 5.32 Å². The van der Waals surface area contributed by atoms with Gasteiger partial charge in [0.25, 0.3) is 5.91 Å². The molecule has 21 heavy (non-hydrogen) atoms. The number of hydrogen-bond acceptors (Lipinski definition) is 5. The lowest BCUT2D eigenvalue weighted by molar-refractivity contribution is -0.380. The van der Waals surface area contributed by atoms with Crippen molar-refractivity contribution < 1.29 is 14.5 Å². The lowest BCUT2D eigenvalue weighted by atomic mass is 10.2. The predicted molar refractivity (Wildman–Crippen MR) is 77.7 cm³/mol. The van der Waals surface area contributed by atoms with E-state index in [9.17, 15) is 19.7 Å². The summed E-state index contributed by atoms with van der Waals surface area (Å²) in [4.78, 5) is 35.9. The fourth-order valence-corrected chi connectivity index (χ4v) is 2.86. The standard InChI is InChI=1S/C13H9N3O4S/c17-11-7-15(9-4-2-1-3-8(9)14-11)13(18)10-5-6-12(21-10)16(19)20/h1-6H,7H2,(H,14,17). The van der Waals surface area contributed by atoms with Crippen LogP contribution in [0.15, 0.2) is 36.4 Å². The molecule has 0 atom stereocenters. The molecular weight excluding hydrogens is 294 g/mol. The lowest BCUT2D eigenvalue weighted by Gasteiger charge is -2.28. The predicted octanol–water partition coefficient (Wildman–Crippen LogP) is 2.26. The Balaban J connectivity index is 1.97. The van der Waals surface area contributed by atoms with E-state index in [4.69, 9.17) is 0 Å². The molecule has 1 aromatic heterocycles. The third kappa shape index (κ3) is 2.36. The average molecular weight is 303 g/mol. The number of anilines is 2. The normalized spacial score (nSPS) is 13.5. The van der Waals surface area contributed by atoms with Crippen molar-refractivity contribution in [2.24, 2.45) is 0 Å².